The number of rotatable bonds is 0. The van der Waals surface area contributed by atoms with E-state index in [1.54, 1.807) is 5.56 Å². The number of benzene rings is 1. The van der Waals surface area contributed by atoms with E-state index < -0.39 is 0 Å². The lowest BCUT2D eigenvalue weighted by atomic mass is 9.82. The van der Waals surface area contributed by atoms with E-state index in [-0.39, 0.29) is 0 Å². The molecular formula is C13H16O. The summed E-state index contributed by atoms with van der Waals surface area (Å²) < 4.78 is 5.84. The van der Waals surface area contributed by atoms with Gasteiger partial charge in [0.05, 0.1) is 12.7 Å². The number of hydrogen-bond donors (Lipinski definition) is 0. The van der Waals surface area contributed by atoms with Crippen LogP contribution in [0.25, 0.3) is 0 Å². The molecule has 0 amide bonds. The Labute approximate surface area is 85.1 Å². The lowest BCUT2D eigenvalue weighted by molar-refractivity contribution is 0.0115. The highest BCUT2D eigenvalue weighted by Crippen LogP contribution is 2.56. The van der Waals surface area contributed by atoms with E-state index >= 15 is 0 Å². The van der Waals surface area contributed by atoms with Crippen LogP contribution < -0.4 is 0 Å². The summed E-state index contributed by atoms with van der Waals surface area (Å²) in [7, 11) is 0. The van der Waals surface area contributed by atoms with Gasteiger partial charge in [-0.25, -0.2) is 0 Å². The molecule has 1 aromatic rings. The first-order valence-electron chi connectivity index (χ1n) is 5.45. The van der Waals surface area contributed by atoms with Crippen molar-refractivity contribution in [1.82, 2.24) is 0 Å². The van der Waals surface area contributed by atoms with Gasteiger partial charge in [0.2, 0.25) is 0 Å². The van der Waals surface area contributed by atoms with E-state index in [2.05, 4.69) is 32.0 Å². The third-order valence-corrected chi connectivity index (χ3v) is 3.91. The fraction of sp³-hybridized carbons (Fsp3) is 0.538. The number of ether oxygens (including phenoxy) is 1. The molecular weight excluding hydrogens is 172 g/mol. The normalized spacial score (nSPS) is 27.4. The molecule has 1 fully saturated rings. The van der Waals surface area contributed by atoms with E-state index in [4.69, 9.17) is 4.74 Å². The molecule has 74 valence electrons. The SMILES string of the molecule is Cc1cccc2c1C1(CC1)C(C)OC2. The van der Waals surface area contributed by atoms with Gasteiger partial charge >= 0.3 is 0 Å². The van der Waals surface area contributed by atoms with E-state index in [0.29, 0.717) is 11.5 Å². The van der Waals surface area contributed by atoms with Crippen molar-refractivity contribution < 1.29 is 4.74 Å². The zero-order chi connectivity index (χ0) is 9.76. The van der Waals surface area contributed by atoms with Gasteiger partial charge in [-0.05, 0) is 43.4 Å². The quantitative estimate of drug-likeness (QED) is 0.608. The zero-order valence-electron chi connectivity index (χ0n) is 8.84. The maximum atomic E-state index is 5.84. The zero-order valence-corrected chi connectivity index (χ0v) is 8.84. The Morgan fingerprint density at radius 3 is 2.86 bits per heavy atom. The fourth-order valence-electron chi connectivity index (χ4n) is 2.93. The minimum absolute atomic E-state index is 0.388. The lowest BCUT2D eigenvalue weighted by Crippen LogP contribution is -2.32. The van der Waals surface area contributed by atoms with Crippen LogP contribution in [0.3, 0.4) is 0 Å². The van der Waals surface area contributed by atoms with Crippen molar-refractivity contribution in [2.75, 3.05) is 0 Å². The molecule has 0 bridgehead atoms. The molecule has 1 nitrogen and oxygen atoms in total. The Balaban J connectivity index is 2.21. The highest BCUT2D eigenvalue weighted by atomic mass is 16.5. The maximum absolute atomic E-state index is 5.84. The van der Waals surface area contributed by atoms with Crippen molar-refractivity contribution >= 4 is 0 Å². The van der Waals surface area contributed by atoms with E-state index in [9.17, 15) is 0 Å². The predicted molar refractivity (Wildman–Crippen MR) is 56.3 cm³/mol. The molecule has 1 aliphatic carbocycles. The second-order valence-electron chi connectivity index (χ2n) is 4.72. The molecule has 1 atom stereocenters. The number of aryl methyl sites for hydroxylation is 1. The molecule has 3 rings (SSSR count). The molecule has 2 aliphatic rings. The fourth-order valence-corrected chi connectivity index (χ4v) is 2.93. The van der Waals surface area contributed by atoms with Gasteiger partial charge < -0.3 is 4.74 Å². The molecule has 14 heavy (non-hydrogen) atoms. The van der Waals surface area contributed by atoms with Gasteiger partial charge in [-0.2, -0.15) is 0 Å². The van der Waals surface area contributed by atoms with Crippen molar-refractivity contribution in [3.05, 3.63) is 34.9 Å². The van der Waals surface area contributed by atoms with Crippen LogP contribution in [-0.2, 0) is 16.8 Å². The summed E-state index contributed by atoms with van der Waals surface area (Å²) in [6, 6.07) is 6.59. The molecule has 0 saturated heterocycles. The topological polar surface area (TPSA) is 9.23 Å². The van der Waals surface area contributed by atoms with Crippen molar-refractivity contribution in [3.8, 4) is 0 Å². The van der Waals surface area contributed by atoms with Gasteiger partial charge in [0.25, 0.3) is 0 Å². The average Bonchev–Trinajstić information content (AvgIpc) is 2.94. The first-order chi connectivity index (χ1) is 6.74. The second kappa shape index (κ2) is 2.60. The first-order valence-corrected chi connectivity index (χ1v) is 5.45. The summed E-state index contributed by atoms with van der Waals surface area (Å²) in [5.74, 6) is 0. The van der Waals surface area contributed by atoms with Gasteiger partial charge in [-0.1, -0.05) is 18.2 Å². The van der Waals surface area contributed by atoms with Crippen molar-refractivity contribution in [2.45, 2.75) is 44.8 Å². The summed E-state index contributed by atoms with van der Waals surface area (Å²) in [6.07, 6.45) is 3.04. The molecule has 1 spiro atoms. The average molecular weight is 188 g/mol. The van der Waals surface area contributed by atoms with Crippen LogP contribution in [0.15, 0.2) is 18.2 Å². The molecule has 1 aromatic carbocycles. The minimum atomic E-state index is 0.388. The minimum Gasteiger partial charge on any atom is -0.373 e. The van der Waals surface area contributed by atoms with Crippen LogP contribution in [0.1, 0.15) is 36.5 Å². The first kappa shape index (κ1) is 8.49. The van der Waals surface area contributed by atoms with Crippen molar-refractivity contribution in [3.63, 3.8) is 0 Å². The monoisotopic (exact) mass is 188 g/mol. The third kappa shape index (κ3) is 0.936. The second-order valence-corrected chi connectivity index (χ2v) is 4.72. The van der Waals surface area contributed by atoms with Gasteiger partial charge in [0.15, 0.2) is 0 Å². The summed E-state index contributed by atoms with van der Waals surface area (Å²) >= 11 is 0. The molecule has 0 radical (unpaired) electrons. The van der Waals surface area contributed by atoms with Gasteiger partial charge in [-0.3, -0.25) is 0 Å². The number of fused-ring (bicyclic) bond motifs is 2. The van der Waals surface area contributed by atoms with Gasteiger partial charge in [-0.15, -0.1) is 0 Å². The smallest absolute Gasteiger partial charge is 0.0723 e. The van der Waals surface area contributed by atoms with Crippen LogP contribution in [0.5, 0.6) is 0 Å². The molecule has 0 N–H and O–H groups in total. The van der Waals surface area contributed by atoms with Crippen molar-refractivity contribution in [1.29, 1.82) is 0 Å². The van der Waals surface area contributed by atoms with Crippen LogP contribution in [0, 0.1) is 6.92 Å². The van der Waals surface area contributed by atoms with Gasteiger partial charge in [0, 0.05) is 5.41 Å². The number of hydrogen-bond acceptors (Lipinski definition) is 1. The summed E-state index contributed by atoms with van der Waals surface area (Å²) in [5.41, 5.74) is 4.85. The standard InChI is InChI=1S/C13H16O/c1-9-4-3-5-11-8-14-10(2)13(6-7-13)12(9)11/h3-5,10H,6-8H2,1-2H3. The van der Waals surface area contributed by atoms with E-state index in [0.717, 1.165) is 6.61 Å². The highest BCUT2D eigenvalue weighted by molar-refractivity contribution is 5.46. The van der Waals surface area contributed by atoms with E-state index in [1.165, 1.54) is 24.0 Å². The van der Waals surface area contributed by atoms with Crippen LogP contribution >= 0.6 is 0 Å². The van der Waals surface area contributed by atoms with Gasteiger partial charge in [0.1, 0.15) is 0 Å². The predicted octanol–water partition coefficient (Wildman–Crippen LogP) is 2.95. The Morgan fingerprint density at radius 2 is 2.14 bits per heavy atom. The molecule has 1 heterocycles. The third-order valence-electron chi connectivity index (χ3n) is 3.91. The largest absolute Gasteiger partial charge is 0.373 e. The van der Waals surface area contributed by atoms with Crippen molar-refractivity contribution in [2.24, 2.45) is 0 Å². The lowest BCUT2D eigenvalue weighted by Gasteiger charge is -2.33. The summed E-state index contributed by atoms with van der Waals surface area (Å²) in [4.78, 5) is 0. The molecule has 1 unspecified atom stereocenters. The summed E-state index contributed by atoms with van der Waals surface area (Å²) in [6.45, 7) is 5.26. The highest BCUT2D eigenvalue weighted by Gasteiger charge is 2.53. The van der Waals surface area contributed by atoms with Crippen LogP contribution in [0.2, 0.25) is 0 Å². The van der Waals surface area contributed by atoms with Crippen LogP contribution in [0.4, 0.5) is 0 Å². The maximum Gasteiger partial charge on any atom is 0.0723 e. The Bertz CT molecular complexity index is 377. The molecule has 1 aliphatic heterocycles. The van der Waals surface area contributed by atoms with E-state index in [1.807, 2.05) is 0 Å². The molecule has 1 heteroatoms. The molecule has 0 aromatic heterocycles. The Hall–Kier alpha value is -0.820. The Morgan fingerprint density at radius 1 is 1.36 bits per heavy atom. The van der Waals surface area contributed by atoms with Crippen LogP contribution in [-0.4, -0.2) is 6.10 Å². The summed E-state index contributed by atoms with van der Waals surface area (Å²) in [5, 5.41) is 0. The molecule has 1 saturated carbocycles. The Kier molecular flexibility index (Phi) is 1.58.